The first-order chi connectivity index (χ1) is 18.8. The topological polar surface area (TPSA) is 122 Å². The summed E-state index contributed by atoms with van der Waals surface area (Å²) in [6.45, 7) is 7.20. The van der Waals surface area contributed by atoms with Crippen molar-refractivity contribution in [1.82, 2.24) is 10.2 Å². The van der Waals surface area contributed by atoms with Gasteiger partial charge in [-0.05, 0) is 63.1 Å². The van der Waals surface area contributed by atoms with Crippen LogP contribution in [0.3, 0.4) is 0 Å². The van der Waals surface area contributed by atoms with Gasteiger partial charge in [0.05, 0.1) is 27.5 Å². The molecule has 1 atom stereocenters. The summed E-state index contributed by atoms with van der Waals surface area (Å²) in [7, 11) is -2.55. The molecule has 0 radical (unpaired) electrons. The quantitative estimate of drug-likeness (QED) is 0.414. The molecule has 1 aliphatic heterocycles. The van der Waals surface area contributed by atoms with Gasteiger partial charge in [0, 0.05) is 43.4 Å². The second kappa shape index (κ2) is 12.1. The van der Waals surface area contributed by atoms with Gasteiger partial charge < -0.3 is 20.7 Å². The minimum atomic E-state index is -4.81. The fourth-order valence-corrected chi connectivity index (χ4v) is 5.78. The van der Waals surface area contributed by atoms with E-state index < -0.39 is 44.7 Å². The number of rotatable bonds is 7. The molecule has 1 fully saturated rings. The van der Waals surface area contributed by atoms with Gasteiger partial charge in [-0.1, -0.05) is 18.5 Å². The zero-order valence-corrected chi connectivity index (χ0v) is 25.0. The van der Waals surface area contributed by atoms with Crippen molar-refractivity contribution in [2.75, 3.05) is 36.5 Å². The summed E-state index contributed by atoms with van der Waals surface area (Å²) >= 11 is 6.05. The average Bonchev–Trinajstić information content (AvgIpc) is 3.27. The summed E-state index contributed by atoms with van der Waals surface area (Å²) < 4.78 is 73.0. The highest BCUT2D eigenvalue weighted by Crippen LogP contribution is 2.37. The highest BCUT2D eigenvalue weighted by Gasteiger charge is 2.37. The molecule has 2 aromatic carbocycles. The number of nitrogens with one attached hydrogen (secondary N) is 1. The number of likely N-dealkylation sites (tertiary alicyclic amines) is 1. The van der Waals surface area contributed by atoms with Gasteiger partial charge in [0.1, 0.15) is 5.60 Å². The number of ether oxygens (including phenoxy) is 1. The number of nitrogen functional groups attached to an aromatic ring is 1. The number of nitrogens with zero attached hydrogens (tertiary/aromatic N) is 2. The van der Waals surface area contributed by atoms with Crippen molar-refractivity contribution >= 4 is 44.8 Å². The largest absolute Gasteiger partial charge is 0.444 e. The molecule has 0 aromatic heterocycles. The zero-order chi connectivity index (χ0) is 30.9. The highest BCUT2D eigenvalue weighted by molar-refractivity contribution is 7.91. The Labute approximate surface area is 242 Å². The summed E-state index contributed by atoms with van der Waals surface area (Å²) in [5.41, 5.74) is 3.52. The van der Waals surface area contributed by atoms with Crippen LogP contribution in [0.2, 0.25) is 5.02 Å². The van der Waals surface area contributed by atoms with E-state index in [1.54, 1.807) is 25.7 Å². The molecule has 14 heteroatoms. The second-order valence-corrected chi connectivity index (χ2v) is 13.5. The number of carbonyl (C=O) groups excluding carboxylic acids is 2. The van der Waals surface area contributed by atoms with Gasteiger partial charge in [0.2, 0.25) is 0 Å². The molecule has 9 nitrogen and oxygen atoms in total. The van der Waals surface area contributed by atoms with Crippen molar-refractivity contribution in [2.24, 2.45) is 0 Å². The highest BCUT2D eigenvalue weighted by atomic mass is 35.5. The van der Waals surface area contributed by atoms with Gasteiger partial charge in [0.15, 0.2) is 9.84 Å². The number of sulfone groups is 1. The molecule has 226 valence electrons. The van der Waals surface area contributed by atoms with Crippen LogP contribution in [0.1, 0.15) is 55.6 Å². The third kappa shape index (κ3) is 8.04. The van der Waals surface area contributed by atoms with Gasteiger partial charge in [-0.2, -0.15) is 13.2 Å². The Morgan fingerprint density at radius 3 is 2.44 bits per heavy atom. The van der Waals surface area contributed by atoms with Crippen LogP contribution in [-0.2, 0) is 27.3 Å². The van der Waals surface area contributed by atoms with Gasteiger partial charge in [-0.3, -0.25) is 9.69 Å². The lowest BCUT2D eigenvalue weighted by Gasteiger charge is -2.24. The number of benzene rings is 2. The number of nitrogens with two attached hydrogens (primary N) is 1. The van der Waals surface area contributed by atoms with E-state index in [4.69, 9.17) is 22.1 Å². The zero-order valence-electron chi connectivity index (χ0n) is 23.4. The molecule has 0 unspecified atom stereocenters. The van der Waals surface area contributed by atoms with Crippen molar-refractivity contribution in [3.8, 4) is 0 Å². The van der Waals surface area contributed by atoms with Gasteiger partial charge in [-0.15, -0.1) is 0 Å². The smallest absolute Gasteiger partial charge is 0.416 e. The van der Waals surface area contributed by atoms with Gasteiger partial charge in [0.25, 0.3) is 5.91 Å². The van der Waals surface area contributed by atoms with E-state index in [1.165, 1.54) is 32.2 Å². The van der Waals surface area contributed by atoms with E-state index in [0.29, 0.717) is 25.6 Å². The van der Waals surface area contributed by atoms with E-state index in [-0.39, 0.29) is 45.2 Å². The van der Waals surface area contributed by atoms with E-state index in [2.05, 4.69) is 5.32 Å². The lowest BCUT2D eigenvalue weighted by molar-refractivity contribution is -0.138. The summed E-state index contributed by atoms with van der Waals surface area (Å²) in [5.74, 6) is -1.19. The van der Waals surface area contributed by atoms with Crippen molar-refractivity contribution < 1.29 is 35.9 Å². The normalized spacial score (nSPS) is 16.5. The molecule has 1 saturated heterocycles. The minimum absolute atomic E-state index is 0.0815. The Morgan fingerprint density at radius 2 is 1.85 bits per heavy atom. The number of alkyl halides is 3. The van der Waals surface area contributed by atoms with E-state index >= 15 is 0 Å². The van der Waals surface area contributed by atoms with Crippen LogP contribution in [0.5, 0.6) is 0 Å². The molecule has 41 heavy (non-hydrogen) atoms. The predicted octanol–water partition coefficient (Wildman–Crippen LogP) is 5.11. The molecule has 1 heterocycles. The number of halogens is 4. The Bertz CT molecular complexity index is 1430. The van der Waals surface area contributed by atoms with Crippen molar-refractivity contribution in [1.29, 1.82) is 0 Å². The molecule has 0 bridgehead atoms. The molecule has 2 amide bonds. The molecule has 0 saturated carbocycles. The second-order valence-electron chi connectivity index (χ2n) is 10.8. The SMILES string of the molecule is CCS(=O)(=O)c1ccc(Cl)cc1N(C)C(=O)c1cc(C(F)(F)F)c(CN2CC[C@@H](NC(=O)OC(C)(C)C)C2)cc1N. The first-order valence-corrected chi connectivity index (χ1v) is 14.9. The standard InChI is InChI=1S/C27H34ClF3N4O5S/c1-6-41(38,39)23-8-7-17(28)12-22(23)34(5)24(36)19-13-20(27(29,30)31)16(11-21(19)32)14-35-10-9-18(15-35)33-25(37)40-26(2,3)4/h7-8,11-13,18H,6,9-10,14-15,32H2,1-5H3,(H,33,37)/t18-/m1/s1. The first kappa shape index (κ1) is 32.5. The first-order valence-electron chi connectivity index (χ1n) is 12.8. The Hall–Kier alpha value is -3.03. The van der Waals surface area contributed by atoms with E-state index in [1.807, 2.05) is 0 Å². The van der Waals surface area contributed by atoms with Crippen molar-refractivity contribution in [3.05, 3.63) is 52.0 Å². The Kier molecular flexibility index (Phi) is 9.56. The Balaban J connectivity index is 1.89. The lowest BCUT2D eigenvalue weighted by Crippen LogP contribution is -2.40. The molecule has 3 rings (SSSR count). The molecule has 0 spiro atoms. The number of hydrogen-bond donors (Lipinski definition) is 2. The number of carbonyl (C=O) groups is 2. The van der Waals surface area contributed by atoms with Crippen LogP contribution >= 0.6 is 11.6 Å². The van der Waals surface area contributed by atoms with E-state index in [0.717, 1.165) is 11.0 Å². The van der Waals surface area contributed by atoms with Crippen LogP contribution in [0, 0.1) is 0 Å². The number of amides is 2. The summed E-state index contributed by atoms with van der Waals surface area (Å²) in [5, 5.41) is 2.87. The van der Waals surface area contributed by atoms with Gasteiger partial charge in [-0.25, -0.2) is 13.2 Å². The third-order valence-electron chi connectivity index (χ3n) is 6.50. The minimum Gasteiger partial charge on any atom is -0.444 e. The molecular weight excluding hydrogens is 585 g/mol. The fourth-order valence-electron chi connectivity index (χ4n) is 4.51. The van der Waals surface area contributed by atoms with Crippen LogP contribution in [0.25, 0.3) is 0 Å². The Morgan fingerprint density at radius 1 is 1.20 bits per heavy atom. The number of hydrogen-bond acceptors (Lipinski definition) is 7. The summed E-state index contributed by atoms with van der Waals surface area (Å²) in [6.07, 6.45) is -4.90. The molecule has 2 aromatic rings. The monoisotopic (exact) mass is 618 g/mol. The average molecular weight is 619 g/mol. The molecule has 1 aliphatic rings. The van der Waals surface area contributed by atoms with Gasteiger partial charge >= 0.3 is 12.3 Å². The maximum absolute atomic E-state index is 14.2. The third-order valence-corrected chi connectivity index (χ3v) is 8.51. The maximum Gasteiger partial charge on any atom is 0.416 e. The summed E-state index contributed by atoms with van der Waals surface area (Å²) in [4.78, 5) is 28.0. The predicted molar refractivity (Wildman–Crippen MR) is 151 cm³/mol. The summed E-state index contributed by atoms with van der Waals surface area (Å²) in [6, 6.07) is 5.34. The van der Waals surface area contributed by atoms with Crippen molar-refractivity contribution in [2.45, 2.75) is 63.4 Å². The molecule has 0 aliphatic carbocycles. The molecule has 3 N–H and O–H groups in total. The van der Waals surface area contributed by atoms with Crippen LogP contribution < -0.4 is 16.0 Å². The number of anilines is 2. The number of alkyl carbamates (subject to hydrolysis) is 1. The maximum atomic E-state index is 14.2. The van der Waals surface area contributed by atoms with Crippen molar-refractivity contribution in [3.63, 3.8) is 0 Å². The lowest BCUT2D eigenvalue weighted by atomic mass is 10.00. The molecular formula is C27H34ClF3N4O5S. The fraction of sp³-hybridized carbons (Fsp3) is 0.481. The van der Waals surface area contributed by atoms with Crippen LogP contribution in [0.15, 0.2) is 35.2 Å². The van der Waals surface area contributed by atoms with Crippen LogP contribution in [0.4, 0.5) is 29.3 Å². The van der Waals surface area contributed by atoms with E-state index in [9.17, 15) is 31.2 Å². The van der Waals surface area contributed by atoms with Crippen LogP contribution in [-0.4, -0.2) is 62.9 Å².